The molecule has 0 atom stereocenters. The number of hydrogen-bond donors (Lipinski definition) is 0. The number of rotatable bonds is 6. The van der Waals surface area contributed by atoms with Crippen molar-refractivity contribution < 1.29 is 4.74 Å². The van der Waals surface area contributed by atoms with E-state index in [9.17, 15) is 4.79 Å². The third-order valence-electron chi connectivity index (χ3n) is 4.43. The molecular weight excluding hydrogens is 326 g/mol. The molecule has 3 aromatic rings. The summed E-state index contributed by atoms with van der Waals surface area (Å²) in [5.41, 5.74) is 4.25. The maximum Gasteiger partial charge on any atom is 0.254 e. The van der Waals surface area contributed by atoms with Crippen LogP contribution in [0.1, 0.15) is 37.8 Å². The van der Waals surface area contributed by atoms with Gasteiger partial charge in [0.05, 0.1) is 19.3 Å². The Morgan fingerprint density at radius 1 is 1.15 bits per heavy atom. The Labute approximate surface area is 153 Å². The molecule has 0 bridgehead atoms. The van der Waals surface area contributed by atoms with E-state index in [2.05, 4.69) is 43.2 Å². The molecule has 5 nitrogen and oxygen atoms in total. The van der Waals surface area contributed by atoms with Gasteiger partial charge in [-0.15, -0.1) is 0 Å². The van der Waals surface area contributed by atoms with Crippen molar-refractivity contribution in [1.29, 1.82) is 0 Å². The Kier molecular flexibility index (Phi) is 5.26. The van der Waals surface area contributed by atoms with Crippen LogP contribution in [0.4, 0.5) is 0 Å². The van der Waals surface area contributed by atoms with Gasteiger partial charge in [0.2, 0.25) is 0 Å². The van der Waals surface area contributed by atoms with Gasteiger partial charge in [-0.25, -0.2) is 0 Å². The molecule has 5 heteroatoms. The summed E-state index contributed by atoms with van der Waals surface area (Å²) >= 11 is 0. The van der Waals surface area contributed by atoms with Crippen molar-refractivity contribution in [3.05, 3.63) is 70.4 Å². The van der Waals surface area contributed by atoms with Crippen molar-refractivity contribution in [3.63, 3.8) is 0 Å². The Morgan fingerprint density at radius 2 is 1.88 bits per heavy atom. The molecule has 2 heterocycles. The number of aromatic nitrogens is 3. The molecule has 0 aliphatic rings. The zero-order chi connectivity index (χ0) is 18.7. The normalized spacial score (nSPS) is 11.1. The van der Waals surface area contributed by atoms with Gasteiger partial charge in [-0.2, -0.15) is 5.10 Å². The molecule has 0 amide bonds. The molecule has 1 aromatic carbocycles. The first-order valence-electron chi connectivity index (χ1n) is 8.93. The van der Waals surface area contributed by atoms with Crippen LogP contribution in [0.3, 0.4) is 0 Å². The Balaban J connectivity index is 1.86. The average molecular weight is 351 g/mol. The number of hydrogen-bond acceptors (Lipinski definition) is 3. The lowest BCUT2D eigenvalue weighted by atomic mass is 10.0. The lowest BCUT2D eigenvalue weighted by molar-refractivity contribution is 0.340. The van der Waals surface area contributed by atoms with Crippen LogP contribution in [0.5, 0.6) is 5.75 Å². The Hall–Kier alpha value is -2.82. The maximum atomic E-state index is 11.9. The van der Waals surface area contributed by atoms with Crippen molar-refractivity contribution >= 4 is 0 Å². The number of aryl methyl sites for hydroxylation is 1. The highest BCUT2D eigenvalue weighted by Crippen LogP contribution is 2.28. The smallest absolute Gasteiger partial charge is 0.254 e. The Bertz CT molecular complexity index is 937. The summed E-state index contributed by atoms with van der Waals surface area (Å²) in [4.78, 5) is 11.9. The van der Waals surface area contributed by atoms with E-state index in [-0.39, 0.29) is 5.56 Å². The maximum absolute atomic E-state index is 11.9. The molecular formula is C21H25N3O2. The fourth-order valence-corrected chi connectivity index (χ4v) is 2.89. The van der Waals surface area contributed by atoms with Crippen LogP contribution in [0.15, 0.2) is 53.7 Å². The Morgan fingerprint density at radius 3 is 2.54 bits per heavy atom. The van der Waals surface area contributed by atoms with Crippen molar-refractivity contribution in [2.24, 2.45) is 7.05 Å². The van der Waals surface area contributed by atoms with Gasteiger partial charge < -0.3 is 9.30 Å². The molecule has 2 aromatic heterocycles. The third-order valence-corrected chi connectivity index (χ3v) is 4.43. The molecule has 0 saturated carbocycles. The van der Waals surface area contributed by atoms with E-state index in [0.717, 1.165) is 11.1 Å². The molecule has 0 saturated heterocycles. The highest BCUT2D eigenvalue weighted by molar-refractivity contribution is 5.68. The van der Waals surface area contributed by atoms with Crippen LogP contribution in [0, 0.1) is 0 Å². The van der Waals surface area contributed by atoms with Gasteiger partial charge in [0.1, 0.15) is 5.75 Å². The quantitative estimate of drug-likeness (QED) is 0.678. The van der Waals surface area contributed by atoms with Gasteiger partial charge in [-0.05, 0) is 24.0 Å². The summed E-state index contributed by atoms with van der Waals surface area (Å²) in [7, 11) is 1.74. The summed E-state index contributed by atoms with van der Waals surface area (Å²) in [6, 6.07) is 10.2. The SMILES string of the molecule is CCOc1cc(=O)n(C)cc1-c1cnn(Cc2ccc(C(C)C)cc2)c1. The molecule has 0 unspecified atom stereocenters. The molecule has 0 radical (unpaired) electrons. The topological polar surface area (TPSA) is 49.1 Å². The second-order valence-corrected chi connectivity index (χ2v) is 6.76. The minimum atomic E-state index is -0.0881. The summed E-state index contributed by atoms with van der Waals surface area (Å²) in [5, 5.41) is 4.47. The lowest BCUT2D eigenvalue weighted by Gasteiger charge is -2.10. The second-order valence-electron chi connectivity index (χ2n) is 6.76. The summed E-state index contributed by atoms with van der Waals surface area (Å²) in [5.74, 6) is 1.12. The summed E-state index contributed by atoms with van der Waals surface area (Å²) in [6.07, 6.45) is 5.59. The van der Waals surface area contributed by atoms with Crippen LogP contribution >= 0.6 is 0 Å². The predicted molar refractivity (Wildman–Crippen MR) is 104 cm³/mol. The first kappa shape index (κ1) is 18.0. The molecule has 0 aliphatic heterocycles. The second kappa shape index (κ2) is 7.60. The zero-order valence-corrected chi connectivity index (χ0v) is 15.8. The molecule has 0 N–H and O–H groups in total. The zero-order valence-electron chi connectivity index (χ0n) is 15.8. The van der Waals surface area contributed by atoms with Gasteiger partial charge in [0, 0.05) is 36.6 Å². The minimum Gasteiger partial charge on any atom is -0.493 e. The van der Waals surface area contributed by atoms with E-state index in [1.807, 2.05) is 24.0 Å². The third kappa shape index (κ3) is 3.87. The van der Waals surface area contributed by atoms with Gasteiger partial charge in [-0.3, -0.25) is 9.48 Å². The lowest BCUT2D eigenvalue weighted by Crippen LogP contribution is -2.15. The first-order chi connectivity index (χ1) is 12.5. The van der Waals surface area contributed by atoms with E-state index in [1.165, 1.54) is 17.2 Å². The summed E-state index contributed by atoms with van der Waals surface area (Å²) < 4.78 is 9.10. The highest BCUT2D eigenvalue weighted by Gasteiger charge is 2.11. The molecule has 0 aliphatic carbocycles. The monoisotopic (exact) mass is 351 g/mol. The van der Waals surface area contributed by atoms with Gasteiger partial charge in [-0.1, -0.05) is 38.1 Å². The van der Waals surface area contributed by atoms with Gasteiger partial charge >= 0.3 is 0 Å². The van der Waals surface area contributed by atoms with E-state index < -0.39 is 0 Å². The van der Waals surface area contributed by atoms with Crippen LogP contribution in [0.2, 0.25) is 0 Å². The standard InChI is InChI=1S/C21H25N3O2/c1-5-26-20-10-21(25)23(4)14-19(20)18-11-22-24(13-18)12-16-6-8-17(9-7-16)15(2)3/h6-11,13-15H,5,12H2,1-4H3. The highest BCUT2D eigenvalue weighted by atomic mass is 16.5. The van der Waals surface area contributed by atoms with Gasteiger partial charge in [0.15, 0.2) is 0 Å². The summed E-state index contributed by atoms with van der Waals surface area (Å²) in [6.45, 7) is 7.51. The van der Waals surface area contributed by atoms with Gasteiger partial charge in [0.25, 0.3) is 5.56 Å². The number of ether oxygens (including phenoxy) is 1. The number of pyridine rings is 1. The molecule has 3 rings (SSSR count). The van der Waals surface area contributed by atoms with Crippen LogP contribution in [0.25, 0.3) is 11.1 Å². The predicted octanol–water partition coefficient (Wildman–Crippen LogP) is 3.82. The van der Waals surface area contributed by atoms with E-state index in [0.29, 0.717) is 24.8 Å². The van der Waals surface area contributed by atoms with Crippen LogP contribution in [-0.2, 0) is 13.6 Å². The molecule has 26 heavy (non-hydrogen) atoms. The number of benzene rings is 1. The average Bonchev–Trinajstić information content (AvgIpc) is 3.07. The fraction of sp³-hybridized carbons (Fsp3) is 0.333. The fourth-order valence-electron chi connectivity index (χ4n) is 2.89. The largest absolute Gasteiger partial charge is 0.493 e. The van der Waals surface area contributed by atoms with E-state index in [4.69, 9.17) is 4.74 Å². The van der Waals surface area contributed by atoms with Crippen molar-refractivity contribution in [2.75, 3.05) is 6.61 Å². The van der Waals surface area contributed by atoms with Crippen LogP contribution in [-0.4, -0.2) is 21.0 Å². The van der Waals surface area contributed by atoms with Crippen molar-refractivity contribution in [2.45, 2.75) is 33.2 Å². The van der Waals surface area contributed by atoms with Crippen molar-refractivity contribution in [3.8, 4) is 16.9 Å². The van der Waals surface area contributed by atoms with Crippen molar-refractivity contribution in [1.82, 2.24) is 14.3 Å². The number of nitrogens with zero attached hydrogens (tertiary/aromatic N) is 3. The molecule has 136 valence electrons. The van der Waals surface area contributed by atoms with Crippen LogP contribution < -0.4 is 10.3 Å². The van der Waals surface area contributed by atoms with E-state index in [1.54, 1.807) is 17.8 Å². The molecule has 0 spiro atoms. The first-order valence-corrected chi connectivity index (χ1v) is 8.93. The van der Waals surface area contributed by atoms with E-state index >= 15 is 0 Å². The minimum absolute atomic E-state index is 0.0881. The molecule has 0 fully saturated rings.